The average molecular weight is 1020 g/mol. The van der Waals surface area contributed by atoms with Gasteiger partial charge in [-0.3, -0.25) is 0 Å². The molecule has 17 rings (SSSR count). The highest BCUT2D eigenvalue weighted by molar-refractivity contribution is 6.19. The Morgan fingerprint density at radius 2 is 0.650 bits per heavy atom. The van der Waals surface area contributed by atoms with E-state index in [1.165, 1.54) is 44.5 Å². The van der Waals surface area contributed by atoms with Crippen LogP contribution in [-0.2, 0) is 10.8 Å². The molecule has 0 N–H and O–H groups in total. The van der Waals surface area contributed by atoms with Crippen molar-refractivity contribution in [1.82, 2.24) is 18.3 Å². The molecular formula is C74H48N6. The minimum atomic E-state index is -0.347. The Morgan fingerprint density at radius 3 is 1.04 bits per heavy atom. The smallest absolute Gasteiger partial charge is 0.232 e. The molecule has 80 heavy (non-hydrogen) atoms. The van der Waals surface area contributed by atoms with Crippen LogP contribution in [0.5, 0.6) is 0 Å². The highest BCUT2D eigenvalue weighted by Crippen LogP contribution is 2.58. The SMILES string of the molecule is [C-]#[N+]c1c(C#N)c(-n2c3ccccc3c3c4c(ccc32)-c2ccccc2C4(C)C)c(-n2c3ccccc3c3ccccc32)c(-n2c3ccccc3c3ccccc32)c1-n1c2ccccc2c2c3c(ccc21)-c1ccccc1C3(C)C. The van der Waals surface area contributed by atoms with Crippen molar-refractivity contribution in [1.29, 1.82) is 5.26 Å². The number of nitrogens with zero attached hydrogens (tertiary/aromatic N) is 6. The molecule has 6 nitrogen and oxygen atoms in total. The summed E-state index contributed by atoms with van der Waals surface area (Å²) in [7, 11) is 0. The summed E-state index contributed by atoms with van der Waals surface area (Å²) in [6, 6.07) is 81.7. The minimum absolute atomic E-state index is 0.273. The fourth-order valence-electron chi connectivity index (χ4n) is 15.2. The molecule has 11 aromatic carbocycles. The molecule has 4 heterocycles. The zero-order chi connectivity index (χ0) is 53.5. The third kappa shape index (κ3) is 5.40. The van der Waals surface area contributed by atoms with Gasteiger partial charge in [-0.05, 0) is 93.0 Å². The molecule has 0 saturated carbocycles. The predicted octanol–water partition coefficient (Wildman–Crippen LogP) is 19.1. The number of hydrogen-bond acceptors (Lipinski definition) is 1. The normalized spacial score (nSPS) is 13.9. The van der Waals surface area contributed by atoms with E-state index in [1.54, 1.807) is 0 Å². The lowest BCUT2D eigenvalue weighted by molar-refractivity contribution is 0.666. The molecule has 4 aromatic heterocycles. The minimum Gasteiger partial charge on any atom is -0.317 e. The number of nitriles is 1. The summed E-state index contributed by atoms with van der Waals surface area (Å²) < 4.78 is 9.51. The second kappa shape index (κ2) is 15.6. The Morgan fingerprint density at radius 1 is 0.338 bits per heavy atom. The third-order valence-electron chi connectivity index (χ3n) is 18.4. The molecule has 374 valence electrons. The molecule has 2 aliphatic carbocycles. The van der Waals surface area contributed by atoms with Crippen LogP contribution < -0.4 is 0 Å². The fourth-order valence-corrected chi connectivity index (χ4v) is 15.2. The van der Waals surface area contributed by atoms with Crippen molar-refractivity contribution in [2.75, 3.05) is 0 Å². The largest absolute Gasteiger partial charge is 0.317 e. The van der Waals surface area contributed by atoms with E-state index in [9.17, 15) is 11.8 Å². The summed E-state index contributed by atoms with van der Waals surface area (Å²) in [4.78, 5) is 4.73. The van der Waals surface area contributed by atoms with Crippen molar-refractivity contribution in [3.8, 4) is 51.1 Å². The average Bonchev–Trinajstić information content (AvgIpc) is 4.25. The van der Waals surface area contributed by atoms with Gasteiger partial charge in [0.25, 0.3) is 0 Å². The quantitative estimate of drug-likeness (QED) is 0.162. The van der Waals surface area contributed by atoms with Gasteiger partial charge < -0.3 is 18.3 Å². The highest BCUT2D eigenvalue weighted by atomic mass is 15.2. The Kier molecular flexibility index (Phi) is 8.74. The zero-order valence-electron chi connectivity index (χ0n) is 44.5. The number of hydrogen-bond donors (Lipinski definition) is 0. The third-order valence-corrected chi connectivity index (χ3v) is 18.4. The van der Waals surface area contributed by atoms with Gasteiger partial charge in [-0.1, -0.05) is 198 Å². The van der Waals surface area contributed by atoms with Crippen LogP contribution in [0.25, 0.3) is 137 Å². The van der Waals surface area contributed by atoms with Gasteiger partial charge >= 0.3 is 0 Å². The van der Waals surface area contributed by atoms with Crippen molar-refractivity contribution >= 4 is 92.9 Å². The first-order valence-electron chi connectivity index (χ1n) is 27.5. The van der Waals surface area contributed by atoms with Crippen LogP contribution in [0.2, 0.25) is 0 Å². The van der Waals surface area contributed by atoms with Gasteiger partial charge in [0.1, 0.15) is 0 Å². The second-order valence-corrected chi connectivity index (χ2v) is 22.9. The standard InChI is InChI=1S/C74H48N6/c1-73(2)54-30-14-6-22-43(54)49-38-40-62-64(66(49)73)51-28-12-20-36-60(51)79(62)69-53(42-75)68(76-5)70(80-61-37-21-13-29-52(61)65-63(80)41-39-50-44-23-7-15-31-55(44)74(3,4)67(50)65)72(78-58-34-18-10-26-47(58)48-27-11-19-35-59(48)78)71(69)77-56-32-16-8-24-45(56)46-25-9-17-33-57(46)77/h6-41H,1-4H3. The Balaban J connectivity index is 1.17. The van der Waals surface area contributed by atoms with Gasteiger partial charge in [0.05, 0.1) is 85.1 Å². The molecule has 0 amide bonds. The lowest BCUT2D eigenvalue weighted by atomic mass is 9.80. The molecule has 15 aromatic rings. The maximum absolute atomic E-state index is 12.6. The van der Waals surface area contributed by atoms with Gasteiger partial charge in [-0.25, -0.2) is 4.85 Å². The van der Waals surface area contributed by atoms with Crippen LogP contribution in [0, 0.1) is 17.9 Å². The van der Waals surface area contributed by atoms with Crippen LogP contribution in [0.15, 0.2) is 218 Å². The monoisotopic (exact) mass is 1020 g/mol. The topological polar surface area (TPSA) is 47.9 Å². The fraction of sp³-hybridized carbons (Fsp3) is 0.0811. The molecular weight excluding hydrogens is 973 g/mol. The molecule has 0 fully saturated rings. The van der Waals surface area contributed by atoms with Crippen molar-refractivity contribution in [2.24, 2.45) is 0 Å². The molecule has 6 heteroatoms. The van der Waals surface area contributed by atoms with Crippen LogP contribution in [0.4, 0.5) is 5.69 Å². The van der Waals surface area contributed by atoms with Gasteiger partial charge in [-0.15, -0.1) is 0 Å². The van der Waals surface area contributed by atoms with Crippen molar-refractivity contribution < 1.29 is 0 Å². The summed E-state index contributed by atoms with van der Waals surface area (Å²) >= 11 is 0. The molecule has 0 saturated heterocycles. The summed E-state index contributed by atoms with van der Waals surface area (Å²) in [6.07, 6.45) is 0. The van der Waals surface area contributed by atoms with Crippen LogP contribution in [0.1, 0.15) is 55.5 Å². The molecule has 0 radical (unpaired) electrons. The van der Waals surface area contributed by atoms with Crippen LogP contribution >= 0.6 is 0 Å². The molecule has 0 spiro atoms. The summed E-state index contributed by atoms with van der Waals surface area (Å²) in [5.41, 5.74) is 20.6. The number of para-hydroxylation sites is 6. The second-order valence-electron chi connectivity index (χ2n) is 22.9. The number of fused-ring (bicyclic) bond motifs is 20. The van der Waals surface area contributed by atoms with Crippen molar-refractivity contribution in [3.05, 3.63) is 258 Å². The van der Waals surface area contributed by atoms with Gasteiger partial charge in [0, 0.05) is 53.9 Å². The maximum Gasteiger partial charge on any atom is 0.232 e. The van der Waals surface area contributed by atoms with E-state index in [2.05, 4.69) is 270 Å². The lowest BCUT2D eigenvalue weighted by Gasteiger charge is -2.28. The summed E-state index contributed by atoms with van der Waals surface area (Å²) in [6.45, 7) is 19.2. The van der Waals surface area contributed by atoms with E-state index < -0.39 is 0 Å². The molecule has 0 unspecified atom stereocenters. The van der Waals surface area contributed by atoms with Gasteiger partial charge in [0.15, 0.2) is 0 Å². The van der Waals surface area contributed by atoms with E-state index >= 15 is 0 Å². The van der Waals surface area contributed by atoms with Crippen LogP contribution in [0.3, 0.4) is 0 Å². The predicted molar refractivity (Wildman–Crippen MR) is 330 cm³/mol. The number of benzene rings is 11. The number of aromatic nitrogens is 4. The molecule has 0 atom stereocenters. The van der Waals surface area contributed by atoms with E-state index in [-0.39, 0.29) is 16.5 Å². The maximum atomic E-state index is 12.6. The van der Waals surface area contributed by atoms with E-state index in [0.717, 1.165) is 98.6 Å². The van der Waals surface area contributed by atoms with E-state index in [4.69, 9.17) is 4.85 Å². The first-order chi connectivity index (χ1) is 39.2. The molecule has 0 bridgehead atoms. The first-order valence-corrected chi connectivity index (χ1v) is 27.5. The zero-order valence-corrected chi connectivity index (χ0v) is 44.5. The molecule has 0 aliphatic heterocycles. The summed E-state index contributed by atoms with van der Waals surface area (Å²) in [5, 5.41) is 21.4. The van der Waals surface area contributed by atoms with E-state index in [0.29, 0.717) is 16.9 Å². The van der Waals surface area contributed by atoms with Crippen LogP contribution in [-0.4, -0.2) is 18.3 Å². The first kappa shape index (κ1) is 44.7. The Labute approximate surface area is 461 Å². The Hall–Kier alpha value is -10.4. The van der Waals surface area contributed by atoms with Crippen molar-refractivity contribution in [3.63, 3.8) is 0 Å². The van der Waals surface area contributed by atoms with E-state index in [1.807, 2.05) is 0 Å². The van der Waals surface area contributed by atoms with Gasteiger partial charge in [0.2, 0.25) is 5.69 Å². The van der Waals surface area contributed by atoms with Crippen molar-refractivity contribution in [2.45, 2.75) is 38.5 Å². The van der Waals surface area contributed by atoms with Gasteiger partial charge in [-0.2, -0.15) is 5.26 Å². The lowest BCUT2D eigenvalue weighted by Crippen LogP contribution is -2.16. The highest BCUT2D eigenvalue weighted by Gasteiger charge is 2.42. The molecule has 2 aliphatic rings. The number of rotatable bonds is 4. The summed E-state index contributed by atoms with van der Waals surface area (Å²) in [5.74, 6) is 0. The Bertz CT molecular complexity index is 4960.